The van der Waals surface area contributed by atoms with Gasteiger partial charge in [0.25, 0.3) is 0 Å². The van der Waals surface area contributed by atoms with E-state index in [0.717, 1.165) is 6.07 Å². The van der Waals surface area contributed by atoms with Crippen LogP contribution in [0.25, 0.3) is 0 Å². The van der Waals surface area contributed by atoms with Gasteiger partial charge in [0.15, 0.2) is 12.0 Å². The Morgan fingerprint density at radius 3 is 2.46 bits per heavy atom. The van der Waals surface area contributed by atoms with E-state index in [1.807, 2.05) is 0 Å². The lowest BCUT2D eigenvalue weighted by molar-refractivity contribution is -0.141. The molecule has 0 amide bonds. The third-order valence-corrected chi connectivity index (χ3v) is 5.44. The van der Waals surface area contributed by atoms with E-state index in [1.54, 1.807) is 30.7 Å². The number of rotatable bonds is 9. The molecule has 3 rings (SSSR count). The zero-order chi connectivity index (χ0) is 25.8. The SMILES string of the molecule is CC(C)O[C@H](O)CN(C)CC1(O)CCN(c2nc(Oc3cccc(F)c3)cc(C(F)(F)F)n2)CC1. The van der Waals surface area contributed by atoms with Crippen molar-refractivity contribution in [1.29, 1.82) is 0 Å². The number of piperidine rings is 1. The number of nitrogens with zero attached hydrogens (tertiary/aromatic N) is 4. The van der Waals surface area contributed by atoms with Gasteiger partial charge >= 0.3 is 6.18 Å². The predicted molar refractivity (Wildman–Crippen MR) is 120 cm³/mol. The first-order chi connectivity index (χ1) is 16.3. The highest BCUT2D eigenvalue weighted by atomic mass is 19.4. The Hall–Kier alpha value is -2.54. The van der Waals surface area contributed by atoms with E-state index in [9.17, 15) is 27.8 Å². The molecular weight excluding hydrogens is 472 g/mol. The molecule has 2 aromatic rings. The van der Waals surface area contributed by atoms with Crippen LogP contribution in [0.2, 0.25) is 0 Å². The Morgan fingerprint density at radius 1 is 1.17 bits per heavy atom. The number of halogens is 4. The summed E-state index contributed by atoms with van der Waals surface area (Å²) in [6, 6.07) is 5.65. The molecule has 2 N–H and O–H groups in total. The van der Waals surface area contributed by atoms with Gasteiger partial charge in [-0.2, -0.15) is 18.2 Å². The molecule has 1 aliphatic rings. The highest BCUT2D eigenvalue weighted by Gasteiger charge is 2.37. The minimum Gasteiger partial charge on any atom is -0.439 e. The lowest BCUT2D eigenvalue weighted by atomic mass is 9.91. The van der Waals surface area contributed by atoms with Gasteiger partial charge in [0.1, 0.15) is 11.6 Å². The summed E-state index contributed by atoms with van der Waals surface area (Å²) in [5.74, 6) is -1.16. The molecule has 0 radical (unpaired) electrons. The van der Waals surface area contributed by atoms with Crippen LogP contribution in [0.15, 0.2) is 30.3 Å². The second-order valence-corrected chi connectivity index (χ2v) is 9.00. The standard InChI is InChI=1S/C23H30F4N4O4/c1-15(2)34-20(32)13-30(3)14-22(33)7-9-31(10-8-22)21-28-18(23(25,26)27)12-19(29-21)35-17-6-4-5-16(24)11-17/h4-6,11-12,15,20,32-33H,7-10,13-14H2,1-3H3/t20-/m0/s1. The normalized spacial score (nSPS) is 17.2. The molecule has 8 nitrogen and oxygen atoms in total. The molecule has 0 bridgehead atoms. The molecule has 1 saturated heterocycles. The Labute approximate surface area is 201 Å². The van der Waals surface area contributed by atoms with Crippen LogP contribution in [0.1, 0.15) is 32.4 Å². The van der Waals surface area contributed by atoms with Crippen molar-refractivity contribution in [3.8, 4) is 11.6 Å². The fraction of sp³-hybridized carbons (Fsp3) is 0.565. The number of alkyl halides is 3. The van der Waals surface area contributed by atoms with Crippen molar-refractivity contribution >= 4 is 5.95 Å². The fourth-order valence-corrected chi connectivity index (χ4v) is 3.87. The first kappa shape index (κ1) is 27.1. The monoisotopic (exact) mass is 502 g/mol. The van der Waals surface area contributed by atoms with E-state index in [1.165, 1.54) is 18.2 Å². The van der Waals surface area contributed by atoms with Crippen LogP contribution in [0.3, 0.4) is 0 Å². The predicted octanol–water partition coefficient (Wildman–Crippen LogP) is 3.43. The second kappa shape index (κ2) is 11.0. The number of hydrogen-bond acceptors (Lipinski definition) is 8. The van der Waals surface area contributed by atoms with Crippen molar-refractivity contribution < 1.29 is 37.2 Å². The van der Waals surface area contributed by atoms with Crippen LogP contribution in [0.4, 0.5) is 23.5 Å². The molecule has 1 aromatic heterocycles. The molecule has 35 heavy (non-hydrogen) atoms. The minimum absolute atomic E-state index is 0.00228. The number of hydrogen-bond donors (Lipinski definition) is 2. The minimum atomic E-state index is -4.74. The zero-order valence-electron chi connectivity index (χ0n) is 19.8. The zero-order valence-corrected chi connectivity index (χ0v) is 19.8. The van der Waals surface area contributed by atoms with Gasteiger partial charge in [-0.15, -0.1) is 0 Å². The number of likely N-dealkylation sites (N-methyl/N-ethyl adjacent to an activating group) is 1. The van der Waals surface area contributed by atoms with E-state index in [-0.39, 0.29) is 62.7 Å². The first-order valence-corrected chi connectivity index (χ1v) is 11.2. The maximum absolute atomic E-state index is 13.5. The fourth-order valence-electron chi connectivity index (χ4n) is 3.87. The third-order valence-electron chi connectivity index (χ3n) is 5.44. The first-order valence-electron chi connectivity index (χ1n) is 11.2. The van der Waals surface area contributed by atoms with Crippen LogP contribution < -0.4 is 9.64 Å². The molecular formula is C23H30F4N4O4. The summed E-state index contributed by atoms with van der Waals surface area (Å²) in [6.45, 7) is 4.46. The van der Waals surface area contributed by atoms with Crippen LogP contribution >= 0.6 is 0 Å². The molecule has 1 aliphatic heterocycles. The van der Waals surface area contributed by atoms with Gasteiger partial charge in [0.2, 0.25) is 11.8 Å². The van der Waals surface area contributed by atoms with Gasteiger partial charge in [0.05, 0.1) is 11.7 Å². The molecule has 0 spiro atoms. The van der Waals surface area contributed by atoms with E-state index < -0.39 is 29.6 Å². The molecule has 194 valence electrons. The number of benzene rings is 1. The molecule has 12 heteroatoms. The molecule has 0 aliphatic carbocycles. The summed E-state index contributed by atoms with van der Waals surface area (Å²) in [4.78, 5) is 11.0. The van der Waals surface area contributed by atoms with Crippen molar-refractivity contribution in [1.82, 2.24) is 14.9 Å². The molecule has 1 fully saturated rings. The third kappa shape index (κ3) is 7.99. The summed E-state index contributed by atoms with van der Waals surface area (Å²) in [5, 5.41) is 20.9. The second-order valence-electron chi connectivity index (χ2n) is 9.00. The van der Waals surface area contributed by atoms with Gasteiger partial charge in [-0.3, -0.25) is 4.90 Å². The number of aliphatic hydroxyl groups excluding tert-OH is 1. The van der Waals surface area contributed by atoms with E-state index in [4.69, 9.17) is 9.47 Å². The van der Waals surface area contributed by atoms with Gasteiger partial charge in [0, 0.05) is 38.3 Å². The quantitative estimate of drug-likeness (QED) is 0.398. The van der Waals surface area contributed by atoms with Crippen molar-refractivity contribution in [3.63, 3.8) is 0 Å². The van der Waals surface area contributed by atoms with Crippen molar-refractivity contribution in [2.75, 3.05) is 38.1 Å². The highest BCUT2D eigenvalue weighted by Crippen LogP contribution is 2.34. The van der Waals surface area contributed by atoms with Crippen molar-refractivity contribution in [2.24, 2.45) is 0 Å². The number of aromatic nitrogens is 2. The average molecular weight is 503 g/mol. The summed E-state index contributed by atoms with van der Waals surface area (Å²) >= 11 is 0. The molecule has 1 atom stereocenters. The molecule has 2 heterocycles. The molecule has 0 saturated carbocycles. The Bertz CT molecular complexity index is 984. The lowest BCUT2D eigenvalue weighted by Gasteiger charge is -2.40. The maximum Gasteiger partial charge on any atom is 0.433 e. The number of aliphatic hydroxyl groups is 2. The van der Waals surface area contributed by atoms with E-state index in [0.29, 0.717) is 6.07 Å². The smallest absolute Gasteiger partial charge is 0.433 e. The highest BCUT2D eigenvalue weighted by molar-refractivity contribution is 5.38. The van der Waals surface area contributed by atoms with Gasteiger partial charge in [-0.25, -0.2) is 9.37 Å². The molecule has 0 unspecified atom stereocenters. The Morgan fingerprint density at radius 2 is 1.86 bits per heavy atom. The van der Waals surface area contributed by atoms with Crippen LogP contribution in [-0.2, 0) is 10.9 Å². The number of ether oxygens (including phenoxy) is 2. The van der Waals surface area contributed by atoms with E-state index in [2.05, 4.69) is 9.97 Å². The van der Waals surface area contributed by atoms with Crippen molar-refractivity contribution in [2.45, 2.75) is 50.9 Å². The summed E-state index contributed by atoms with van der Waals surface area (Å²) in [7, 11) is 1.74. The Balaban J connectivity index is 1.70. The Kier molecular flexibility index (Phi) is 8.52. The van der Waals surface area contributed by atoms with Crippen LogP contribution in [0, 0.1) is 5.82 Å². The maximum atomic E-state index is 13.5. The van der Waals surface area contributed by atoms with Gasteiger partial charge < -0.3 is 24.6 Å². The summed E-state index contributed by atoms with van der Waals surface area (Å²) in [6.07, 6.45) is -5.39. The summed E-state index contributed by atoms with van der Waals surface area (Å²) < 4.78 is 64.5. The lowest BCUT2D eigenvalue weighted by Crippen LogP contribution is -2.51. The topological polar surface area (TPSA) is 91.2 Å². The van der Waals surface area contributed by atoms with Crippen LogP contribution in [0.5, 0.6) is 11.6 Å². The van der Waals surface area contributed by atoms with Gasteiger partial charge in [-0.05, 0) is 45.9 Å². The largest absolute Gasteiger partial charge is 0.439 e. The summed E-state index contributed by atoms with van der Waals surface area (Å²) in [5.41, 5.74) is -2.29. The number of anilines is 1. The van der Waals surface area contributed by atoms with Gasteiger partial charge in [-0.1, -0.05) is 6.07 Å². The van der Waals surface area contributed by atoms with Crippen LogP contribution in [-0.4, -0.2) is 76.3 Å². The van der Waals surface area contributed by atoms with Crippen molar-refractivity contribution in [3.05, 3.63) is 41.8 Å². The average Bonchev–Trinajstić information content (AvgIpc) is 2.72. The molecule has 1 aromatic carbocycles. The van der Waals surface area contributed by atoms with E-state index >= 15 is 0 Å².